The molecule has 4 bridgehead atoms. The molecule has 2 amide bonds. The lowest BCUT2D eigenvalue weighted by atomic mass is 9.48. The Bertz CT molecular complexity index is 721. The van der Waals surface area contributed by atoms with E-state index in [-0.39, 0.29) is 19.3 Å². The summed E-state index contributed by atoms with van der Waals surface area (Å²) in [5.74, 6) is 1.99. The van der Waals surface area contributed by atoms with Gasteiger partial charge in [0.25, 0.3) is 11.8 Å². The van der Waals surface area contributed by atoms with Crippen LogP contribution in [0.4, 0.5) is 0 Å². The Morgan fingerprint density at radius 3 is 1.75 bits per heavy atom. The third-order valence-electron chi connectivity index (χ3n) is 9.36. The first-order valence-corrected chi connectivity index (χ1v) is 15.2. The summed E-state index contributed by atoms with van der Waals surface area (Å²) >= 11 is 0. The maximum atomic E-state index is 11.8. The number of carbonyl (C=O) groups is 3. The van der Waals surface area contributed by atoms with Crippen LogP contribution in [0.1, 0.15) is 141 Å². The third kappa shape index (κ3) is 8.18. The highest BCUT2D eigenvalue weighted by Gasteiger charge is 2.50. The molecular formula is C31H49NO4. The first-order valence-electron chi connectivity index (χ1n) is 15.2. The fourth-order valence-corrected chi connectivity index (χ4v) is 7.99. The minimum atomic E-state index is -0.482. The molecule has 202 valence electrons. The van der Waals surface area contributed by atoms with Crippen molar-refractivity contribution >= 4 is 17.8 Å². The predicted molar refractivity (Wildman–Crippen MR) is 142 cm³/mol. The number of amides is 2. The van der Waals surface area contributed by atoms with Gasteiger partial charge in [-0.05, 0) is 100 Å². The average molecular weight is 500 g/mol. The van der Waals surface area contributed by atoms with E-state index >= 15 is 0 Å². The Balaban J connectivity index is 0.898. The molecule has 5 nitrogen and oxygen atoms in total. The number of imide groups is 1. The molecule has 0 spiro atoms. The Morgan fingerprint density at radius 1 is 0.722 bits per heavy atom. The lowest BCUT2D eigenvalue weighted by molar-refractivity contribution is -0.197. The van der Waals surface area contributed by atoms with Gasteiger partial charge in [-0.1, -0.05) is 57.1 Å². The van der Waals surface area contributed by atoms with Crippen LogP contribution in [0.25, 0.3) is 0 Å². The van der Waals surface area contributed by atoms with Crippen molar-refractivity contribution in [3.8, 4) is 0 Å². The quantitative estimate of drug-likeness (QED) is 0.116. The van der Waals surface area contributed by atoms with Crippen LogP contribution in [-0.4, -0.2) is 22.8 Å². The molecule has 1 aliphatic heterocycles. The highest BCUT2D eigenvalue weighted by atomic mass is 16.7. The van der Waals surface area contributed by atoms with Gasteiger partial charge >= 0.3 is 5.97 Å². The van der Waals surface area contributed by atoms with Crippen molar-refractivity contribution in [1.82, 2.24) is 5.06 Å². The maximum Gasteiger partial charge on any atom is 0.333 e. The fraction of sp³-hybridized carbons (Fsp3) is 0.839. The lowest BCUT2D eigenvalue weighted by Crippen LogP contribution is -2.45. The van der Waals surface area contributed by atoms with E-state index in [2.05, 4.69) is 12.2 Å². The molecule has 1 saturated heterocycles. The molecule has 0 aromatic heterocycles. The molecule has 0 radical (unpaired) electrons. The van der Waals surface area contributed by atoms with Crippen LogP contribution in [0, 0.1) is 23.2 Å². The first-order chi connectivity index (χ1) is 17.5. The number of unbranched alkanes of at least 4 members (excludes halogenated alkanes) is 10. The topological polar surface area (TPSA) is 63.7 Å². The van der Waals surface area contributed by atoms with Crippen LogP contribution < -0.4 is 0 Å². The van der Waals surface area contributed by atoms with Crippen molar-refractivity contribution in [3.63, 3.8) is 0 Å². The summed E-state index contributed by atoms with van der Waals surface area (Å²) in [6, 6.07) is 0. The zero-order valence-electron chi connectivity index (χ0n) is 22.5. The van der Waals surface area contributed by atoms with Crippen LogP contribution in [0.15, 0.2) is 12.2 Å². The Hall–Kier alpha value is -1.65. The van der Waals surface area contributed by atoms with E-state index in [1.165, 1.54) is 57.8 Å². The number of nitrogens with zero attached hydrogens (tertiary/aromatic N) is 1. The van der Waals surface area contributed by atoms with E-state index in [0.717, 1.165) is 48.9 Å². The molecule has 0 aromatic rings. The Labute approximate surface area is 218 Å². The van der Waals surface area contributed by atoms with Crippen LogP contribution in [0.5, 0.6) is 0 Å². The van der Waals surface area contributed by atoms with Crippen LogP contribution in [0.3, 0.4) is 0 Å². The fourth-order valence-electron chi connectivity index (χ4n) is 7.99. The van der Waals surface area contributed by atoms with Crippen LogP contribution >= 0.6 is 0 Å². The third-order valence-corrected chi connectivity index (χ3v) is 9.36. The van der Waals surface area contributed by atoms with Crippen LogP contribution in [-0.2, 0) is 19.2 Å². The van der Waals surface area contributed by atoms with Crippen molar-refractivity contribution in [1.29, 1.82) is 0 Å². The molecule has 4 aliphatic carbocycles. The van der Waals surface area contributed by atoms with Crippen molar-refractivity contribution in [2.24, 2.45) is 23.2 Å². The molecule has 5 heteroatoms. The second-order valence-electron chi connectivity index (χ2n) is 12.5. The molecule has 5 rings (SSSR count). The zero-order valence-corrected chi connectivity index (χ0v) is 22.5. The summed E-state index contributed by atoms with van der Waals surface area (Å²) in [7, 11) is 0. The van der Waals surface area contributed by atoms with Gasteiger partial charge in [0.2, 0.25) is 0 Å². The van der Waals surface area contributed by atoms with Gasteiger partial charge in [-0.15, -0.1) is 5.06 Å². The molecule has 5 aliphatic rings. The number of hydrogen-bond donors (Lipinski definition) is 0. The monoisotopic (exact) mass is 499 g/mol. The van der Waals surface area contributed by atoms with Crippen molar-refractivity contribution in [2.75, 3.05) is 0 Å². The summed E-state index contributed by atoms with van der Waals surface area (Å²) in [5, 5.41) is 0.637. The Morgan fingerprint density at radius 2 is 1.19 bits per heavy atom. The van der Waals surface area contributed by atoms with E-state index in [0.29, 0.717) is 5.06 Å². The molecule has 0 aromatic carbocycles. The predicted octanol–water partition coefficient (Wildman–Crippen LogP) is 7.83. The first kappa shape index (κ1) is 27.4. The smallest absolute Gasteiger partial charge is 0.330 e. The molecule has 4 saturated carbocycles. The number of hydroxylamine groups is 2. The summed E-state index contributed by atoms with van der Waals surface area (Å²) in [4.78, 5) is 39.5. The molecular weight excluding hydrogens is 450 g/mol. The van der Waals surface area contributed by atoms with Gasteiger partial charge in [-0.2, -0.15) is 0 Å². The SMILES string of the molecule is O=C(CCCCCCC/C=C\CCCCCCCC12CC3CC(CC(C3)C1)C2)ON1C(=O)CCC1=O. The van der Waals surface area contributed by atoms with E-state index in [9.17, 15) is 14.4 Å². The Kier molecular flexibility index (Phi) is 10.5. The minimum absolute atomic E-state index is 0.141. The van der Waals surface area contributed by atoms with Crippen molar-refractivity contribution < 1.29 is 19.2 Å². The highest BCUT2D eigenvalue weighted by Crippen LogP contribution is 2.61. The van der Waals surface area contributed by atoms with Gasteiger partial charge in [-0.3, -0.25) is 9.59 Å². The molecule has 1 heterocycles. The zero-order chi connectivity index (χ0) is 25.2. The number of carbonyl (C=O) groups excluding carboxylic acids is 3. The summed E-state index contributed by atoms with van der Waals surface area (Å²) < 4.78 is 0. The second kappa shape index (κ2) is 13.8. The molecule has 36 heavy (non-hydrogen) atoms. The van der Waals surface area contributed by atoms with Gasteiger partial charge in [0.05, 0.1) is 0 Å². The summed E-state index contributed by atoms with van der Waals surface area (Å²) in [6.45, 7) is 0. The number of rotatable bonds is 17. The van der Waals surface area contributed by atoms with E-state index in [1.807, 2.05) is 0 Å². The van der Waals surface area contributed by atoms with Crippen LogP contribution in [0.2, 0.25) is 0 Å². The molecule has 0 N–H and O–H groups in total. The van der Waals surface area contributed by atoms with Crippen molar-refractivity contribution in [3.05, 3.63) is 12.2 Å². The lowest BCUT2D eigenvalue weighted by Gasteiger charge is -2.57. The molecule has 0 atom stereocenters. The van der Waals surface area contributed by atoms with E-state index in [4.69, 9.17) is 4.84 Å². The standard InChI is InChI=1S/C31H49NO4/c33-28-16-17-29(34)32(28)36-30(35)15-13-11-9-7-5-3-1-2-4-6-8-10-12-14-18-31-22-25-19-26(23-31)21-27(20-25)24-31/h1-2,25-27H,3-24H2/b2-1-. The van der Waals surface area contributed by atoms with Gasteiger partial charge < -0.3 is 4.84 Å². The maximum absolute atomic E-state index is 11.8. The number of hydrogen-bond acceptors (Lipinski definition) is 4. The molecule has 0 unspecified atom stereocenters. The average Bonchev–Trinajstić information content (AvgIpc) is 3.15. The van der Waals surface area contributed by atoms with Gasteiger partial charge in [-0.25, -0.2) is 4.79 Å². The van der Waals surface area contributed by atoms with Gasteiger partial charge in [0, 0.05) is 19.3 Å². The molecule has 5 fully saturated rings. The van der Waals surface area contributed by atoms with Gasteiger partial charge in [0.15, 0.2) is 0 Å². The van der Waals surface area contributed by atoms with Crippen molar-refractivity contribution in [2.45, 2.75) is 141 Å². The van der Waals surface area contributed by atoms with E-state index < -0.39 is 17.8 Å². The highest BCUT2D eigenvalue weighted by molar-refractivity contribution is 6.01. The normalized spacial score (nSPS) is 29.1. The second-order valence-corrected chi connectivity index (χ2v) is 12.5. The largest absolute Gasteiger partial charge is 0.333 e. The van der Waals surface area contributed by atoms with E-state index in [1.54, 1.807) is 38.5 Å². The number of allylic oxidation sites excluding steroid dienone is 2. The summed E-state index contributed by atoms with van der Waals surface area (Å²) in [6.07, 6.45) is 30.8. The minimum Gasteiger partial charge on any atom is -0.330 e. The summed E-state index contributed by atoms with van der Waals surface area (Å²) in [5.41, 5.74) is 0.778. The van der Waals surface area contributed by atoms with Gasteiger partial charge in [0.1, 0.15) is 0 Å².